The van der Waals surface area contributed by atoms with E-state index in [-0.39, 0.29) is 0 Å². The number of hydrogen-bond donors (Lipinski definition) is 1. The van der Waals surface area contributed by atoms with E-state index in [1.807, 2.05) is 0 Å². The second kappa shape index (κ2) is 7.84. The van der Waals surface area contributed by atoms with Gasteiger partial charge in [-0.3, -0.25) is 0 Å². The fraction of sp³-hybridized carbons (Fsp3) is 0.467. The third-order valence-corrected chi connectivity index (χ3v) is 4.43. The average Bonchev–Trinajstić information content (AvgIpc) is 2.60. The predicted octanol–water partition coefficient (Wildman–Crippen LogP) is 3.62. The van der Waals surface area contributed by atoms with Crippen molar-refractivity contribution in [2.75, 3.05) is 24.7 Å². The van der Waals surface area contributed by atoms with Gasteiger partial charge in [-0.2, -0.15) is 0 Å². The van der Waals surface area contributed by atoms with Crippen LogP contribution in [-0.4, -0.2) is 24.7 Å². The fourth-order valence-electron chi connectivity index (χ4n) is 2.19. The summed E-state index contributed by atoms with van der Waals surface area (Å²) in [5.41, 5.74) is 1.27. The molecule has 1 atom stereocenters. The van der Waals surface area contributed by atoms with E-state index in [2.05, 4.69) is 45.4 Å². The van der Waals surface area contributed by atoms with Gasteiger partial charge in [0.15, 0.2) is 0 Å². The molecule has 1 unspecified atom stereocenters. The van der Waals surface area contributed by atoms with Gasteiger partial charge in [-0.05, 0) is 25.0 Å². The number of rotatable bonds is 5. The standard InChI is InChI=1S/C15H18BrNOS/c1-2-9-19-10-7-17-14-4-3-8-18-15-11-12(16)5-6-13(14)15/h1,5-6,11,14,17H,3-4,7-10H2. The highest BCUT2D eigenvalue weighted by Crippen LogP contribution is 2.33. The minimum absolute atomic E-state index is 0.386. The van der Waals surface area contributed by atoms with Gasteiger partial charge >= 0.3 is 0 Å². The first-order valence-electron chi connectivity index (χ1n) is 6.48. The lowest BCUT2D eigenvalue weighted by Gasteiger charge is -2.18. The SMILES string of the molecule is C#CCSCCNC1CCCOc2cc(Br)ccc21. The van der Waals surface area contributed by atoms with Crippen molar-refractivity contribution >= 4 is 27.7 Å². The zero-order valence-corrected chi connectivity index (χ0v) is 13.2. The molecule has 1 aromatic rings. The lowest BCUT2D eigenvalue weighted by Crippen LogP contribution is -2.23. The molecule has 0 aliphatic carbocycles. The van der Waals surface area contributed by atoms with Gasteiger partial charge in [-0.1, -0.05) is 27.9 Å². The summed E-state index contributed by atoms with van der Waals surface area (Å²) < 4.78 is 6.87. The Balaban J connectivity index is 1.96. The molecule has 2 rings (SSSR count). The maximum atomic E-state index is 5.80. The molecule has 1 N–H and O–H groups in total. The van der Waals surface area contributed by atoms with E-state index < -0.39 is 0 Å². The molecule has 0 amide bonds. The highest BCUT2D eigenvalue weighted by Gasteiger charge is 2.19. The Bertz CT molecular complexity index is 458. The second-order valence-corrected chi connectivity index (χ2v) is 6.46. The number of fused-ring (bicyclic) bond motifs is 1. The first-order valence-corrected chi connectivity index (χ1v) is 8.43. The van der Waals surface area contributed by atoms with E-state index in [1.54, 1.807) is 11.8 Å². The normalized spacial score (nSPS) is 18.0. The summed E-state index contributed by atoms with van der Waals surface area (Å²) in [6.45, 7) is 1.78. The zero-order valence-electron chi connectivity index (χ0n) is 10.8. The van der Waals surface area contributed by atoms with Crippen LogP contribution >= 0.6 is 27.7 Å². The van der Waals surface area contributed by atoms with E-state index in [4.69, 9.17) is 11.2 Å². The smallest absolute Gasteiger partial charge is 0.125 e. The Kier molecular flexibility index (Phi) is 6.09. The minimum atomic E-state index is 0.386. The Labute approximate surface area is 127 Å². The van der Waals surface area contributed by atoms with Gasteiger partial charge in [0.25, 0.3) is 0 Å². The summed E-state index contributed by atoms with van der Waals surface area (Å²) in [5, 5.41) is 3.61. The van der Waals surface area contributed by atoms with Crippen LogP contribution in [0.3, 0.4) is 0 Å². The van der Waals surface area contributed by atoms with Crippen LogP contribution in [0.25, 0.3) is 0 Å². The third-order valence-electron chi connectivity index (χ3n) is 3.07. The molecule has 0 aromatic heterocycles. The molecule has 2 nitrogen and oxygen atoms in total. The van der Waals surface area contributed by atoms with Crippen molar-refractivity contribution < 1.29 is 4.74 Å². The number of ether oxygens (including phenoxy) is 1. The van der Waals surface area contributed by atoms with E-state index in [0.717, 1.165) is 47.7 Å². The Morgan fingerprint density at radius 3 is 3.26 bits per heavy atom. The molecule has 1 aliphatic heterocycles. The Morgan fingerprint density at radius 1 is 1.53 bits per heavy atom. The molecule has 0 spiro atoms. The van der Waals surface area contributed by atoms with E-state index >= 15 is 0 Å². The predicted molar refractivity (Wildman–Crippen MR) is 85.8 cm³/mol. The first kappa shape index (κ1) is 14.8. The highest BCUT2D eigenvalue weighted by molar-refractivity contribution is 9.10. The quantitative estimate of drug-likeness (QED) is 0.653. The van der Waals surface area contributed by atoms with Crippen LogP contribution in [0, 0.1) is 12.3 Å². The van der Waals surface area contributed by atoms with Gasteiger partial charge in [-0.25, -0.2) is 0 Å². The maximum Gasteiger partial charge on any atom is 0.125 e. The highest BCUT2D eigenvalue weighted by atomic mass is 79.9. The number of benzene rings is 1. The Hall–Kier alpha value is -0.630. The number of halogens is 1. The summed E-state index contributed by atoms with van der Waals surface area (Å²) in [4.78, 5) is 0. The molecule has 102 valence electrons. The number of nitrogens with one attached hydrogen (secondary N) is 1. The van der Waals surface area contributed by atoms with Crippen LogP contribution in [0.4, 0.5) is 0 Å². The largest absolute Gasteiger partial charge is 0.493 e. The number of terminal acetylenes is 1. The van der Waals surface area contributed by atoms with Crippen LogP contribution in [-0.2, 0) is 0 Å². The Morgan fingerprint density at radius 2 is 2.42 bits per heavy atom. The van der Waals surface area contributed by atoms with Crippen molar-refractivity contribution in [3.05, 3.63) is 28.2 Å². The van der Waals surface area contributed by atoms with Crippen molar-refractivity contribution in [1.82, 2.24) is 5.32 Å². The van der Waals surface area contributed by atoms with Crippen LogP contribution in [0.2, 0.25) is 0 Å². The van der Waals surface area contributed by atoms with E-state index in [9.17, 15) is 0 Å². The molecule has 0 saturated heterocycles. The molecule has 19 heavy (non-hydrogen) atoms. The third kappa shape index (κ3) is 4.45. The lowest BCUT2D eigenvalue weighted by atomic mass is 10.0. The van der Waals surface area contributed by atoms with Crippen LogP contribution in [0.15, 0.2) is 22.7 Å². The molecule has 1 heterocycles. The van der Waals surface area contributed by atoms with Crippen LogP contribution < -0.4 is 10.1 Å². The van der Waals surface area contributed by atoms with Crippen molar-refractivity contribution in [3.63, 3.8) is 0 Å². The molecule has 0 radical (unpaired) electrons. The van der Waals surface area contributed by atoms with Gasteiger partial charge in [-0.15, -0.1) is 18.2 Å². The van der Waals surface area contributed by atoms with Crippen LogP contribution in [0.1, 0.15) is 24.4 Å². The second-order valence-electron chi connectivity index (χ2n) is 4.44. The molecular weight excluding hydrogens is 322 g/mol. The molecule has 1 aliphatic rings. The summed E-state index contributed by atoms with van der Waals surface area (Å²) in [5.74, 6) is 5.49. The molecule has 0 bridgehead atoms. The molecule has 1 aromatic carbocycles. The van der Waals surface area contributed by atoms with E-state index in [1.165, 1.54) is 5.56 Å². The lowest BCUT2D eigenvalue weighted by molar-refractivity contribution is 0.315. The molecule has 0 saturated carbocycles. The van der Waals surface area contributed by atoms with E-state index in [0.29, 0.717) is 6.04 Å². The van der Waals surface area contributed by atoms with Gasteiger partial charge < -0.3 is 10.1 Å². The molecular formula is C15H18BrNOS. The van der Waals surface area contributed by atoms with Crippen LogP contribution in [0.5, 0.6) is 5.75 Å². The van der Waals surface area contributed by atoms with Crippen molar-refractivity contribution in [3.8, 4) is 18.1 Å². The monoisotopic (exact) mass is 339 g/mol. The van der Waals surface area contributed by atoms with Crippen molar-refractivity contribution in [1.29, 1.82) is 0 Å². The fourth-order valence-corrected chi connectivity index (χ4v) is 3.06. The first-order chi connectivity index (χ1) is 9.31. The van der Waals surface area contributed by atoms with Crippen molar-refractivity contribution in [2.24, 2.45) is 0 Å². The molecule has 4 heteroatoms. The summed E-state index contributed by atoms with van der Waals surface area (Å²) in [6.07, 6.45) is 7.44. The van der Waals surface area contributed by atoms with Gasteiger partial charge in [0.05, 0.1) is 12.4 Å². The summed E-state index contributed by atoms with van der Waals surface area (Å²) >= 11 is 5.29. The topological polar surface area (TPSA) is 21.3 Å². The van der Waals surface area contributed by atoms with Gasteiger partial charge in [0, 0.05) is 28.4 Å². The summed E-state index contributed by atoms with van der Waals surface area (Å²) in [7, 11) is 0. The van der Waals surface area contributed by atoms with Crippen molar-refractivity contribution in [2.45, 2.75) is 18.9 Å². The maximum absolute atomic E-state index is 5.80. The number of hydrogen-bond acceptors (Lipinski definition) is 3. The van der Waals surface area contributed by atoms with Gasteiger partial charge in [0.1, 0.15) is 5.75 Å². The molecule has 0 fully saturated rings. The average molecular weight is 340 g/mol. The zero-order chi connectivity index (χ0) is 13.5. The van der Waals surface area contributed by atoms with Gasteiger partial charge in [0.2, 0.25) is 0 Å². The number of thioether (sulfide) groups is 1. The minimum Gasteiger partial charge on any atom is -0.493 e. The summed E-state index contributed by atoms with van der Waals surface area (Å²) in [6, 6.07) is 6.67.